The van der Waals surface area contributed by atoms with Crippen molar-refractivity contribution in [1.29, 1.82) is 0 Å². The van der Waals surface area contributed by atoms with E-state index in [4.69, 9.17) is 15.2 Å². The number of ketones is 1. The molecule has 214 valence electrons. The number of carbonyl (C=O) groups is 5. The van der Waals surface area contributed by atoms with Crippen LogP contribution in [-0.4, -0.2) is 54.1 Å². The number of hydrogen-bond acceptors (Lipinski definition) is 8. The molecule has 0 aliphatic carbocycles. The average molecular weight is 578 g/mol. The fraction of sp³-hybridized carbons (Fsp3) is 0.233. The minimum Gasteiger partial charge on any atom is -0.456 e. The number of primary amides is 1. The van der Waals surface area contributed by atoms with Gasteiger partial charge >= 0.3 is 12.1 Å². The van der Waals surface area contributed by atoms with Gasteiger partial charge in [-0.15, -0.1) is 0 Å². The molecule has 0 aromatic heterocycles. The molecule has 3 aromatic carbocycles. The van der Waals surface area contributed by atoms with Gasteiger partial charge in [-0.1, -0.05) is 91.0 Å². The number of nitrogens with two attached hydrogens (primary N) is 1. The predicted octanol–water partition coefficient (Wildman–Crippen LogP) is 3.00. The van der Waals surface area contributed by atoms with Crippen LogP contribution in [0.1, 0.15) is 27.9 Å². The Labute approximate surface area is 242 Å². The van der Waals surface area contributed by atoms with Crippen molar-refractivity contribution in [3.63, 3.8) is 0 Å². The molecule has 2 unspecified atom stereocenters. The van der Waals surface area contributed by atoms with Crippen molar-refractivity contribution >= 4 is 41.4 Å². The molecule has 3 amide bonds. The number of hydrogen-bond donors (Lipinski definition) is 3. The first-order valence-corrected chi connectivity index (χ1v) is 13.9. The number of Topliss-reactive ketones (excluding diaryl/α,β-unsaturated/α-hetero) is 1. The van der Waals surface area contributed by atoms with Crippen LogP contribution in [0.2, 0.25) is 0 Å². The lowest BCUT2D eigenvalue weighted by atomic mass is 10.1. The maximum atomic E-state index is 13.1. The van der Waals surface area contributed by atoms with Gasteiger partial charge in [0.15, 0.2) is 12.4 Å². The summed E-state index contributed by atoms with van der Waals surface area (Å²) in [5.41, 5.74) is 7.40. The Morgan fingerprint density at radius 3 is 1.93 bits per heavy atom. The highest BCUT2D eigenvalue weighted by atomic mass is 32.2. The van der Waals surface area contributed by atoms with Crippen LogP contribution in [0.5, 0.6) is 0 Å². The van der Waals surface area contributed by atoms with Gasteiger partial charge in [0.05, 0.1) is 6.42 Å². The van der Waals surface area contributed by atoms with E-state index >= 15 is 0 Å². The summed E-state index contributed by atoms with van der Waals surface area (Å²) >= 11 is 1.36. The number of nitrogens with one attached hydrogen (secondary N) is 2. The number of carbonyl (C=O) groups excluding carboxylic acids is 5. The second kappa shape index (κ2) is 16.5. The summed E-state index contributed by atoms with van der Waals surface area (Å²) in [7, 11) is 0. The van der Waals surface area contributed by atoms with E-state index in [0.717, 1.165) is 11.1 Å². The van der Waals surface area contributed by atoms with Gasteiger partial charge in [0.2, 0.25) is 11.8 Å². The molecule has 0 fully saturated rings. The van der Waals surface area contributed by atoms with Gasteiger partial charge in [-0.3, -0.25) is 14.4 Å². The van der Waals surface area contributed by atoms with Crippen molar-refractivity contribution in [2.45, 2.75) is 30.9 Å². The van der Waals surface area contributed by atoms with Gasteiger partial charge in [-0.2, -0.15) is 11.8 Å². The molecule has 3 rings (SSSR count). The van der Waals surface area contributed by atoms with Gasteiger partial charge in [-0.25, -0.2) is 9.59 Å². The summed E-state index contributed by atoms with van der Waals surface area (Å²) in [6.45, 7) is -0.578. The highest BCUT2D eigenvalue weighted by Crippen LogP contribution is 2.14. The fourth-order valence-electron chi connectivity index (χ4n) is 3.57. The van der Waals surface area contributed by atoms with Gasteiger partial charge in [0.25, 0.3) is 0 Å². The van der Waals surface area contributed by atoms with E-state index in [1.54, 1.807) is 54.6 Å². The zero-order valence-corrected chi connectivity index (χ0v) is 23.0. The van der Waals surface area contributed by atoms with Gasteiger partial charge in [0.1, 0.15) is 18.7 Å². The number of thioether (sulfide) groups is 1. The summed E-state index contributed by atoms with van der Waals surface area (Å²) in [5, 5.41) is 4.86. The molecule has 10 nitrogen and oxygen atoms in total. The lowest BCUT2D eigenvalue weighted by Gasteiger charge is -2.22. The Morgan fingerprint density at radius 2 is 1.32 bits per heavy atom. The first-order chi connectivity index (χ1) is 19.8. The molecule has 3 aromatic rings. The molecule has 0 bridgehead atoms. The minimum absolute atomic E-state index is 0.0574. The molecular formula is C30H31N3O7S. The fourth-order valence-corrected chi connectivity index (χ4v) is 4.57. The van der Waals surface area contributed by atoms with Crippen molar-refractivity contribution in [3.05, 3.63) is 108 Å². The number of esters is 1. The monoisotopic (exact) mass is 577 g/mol. The number of alkyl carbamates (subject to hydrolysis) is 1. The van der Waals surface area contributed by atoms with E-state index in [2.05, 4.69) is 10.6 Å². The van der Waals surface area contributed by atoms with Gasteiger partial charge in [-0.05, 0) is 11.1 Å². The van der Waals surface area contributed by atoms with Crippen LogP contribution < -0.4 is 16.4 Å². The molecule has 0 saturated heterocycles. The van der Waals surface area contributed by atoms with Crippen LogP contribution in [0, 0.1) is 0 Å². The maximum absolute atomic E-state index is 13.1. The molecule has 0 spiro atoms. The van der Waals surface area contributed by atoms with Crippen molar-refractivity contribution in [1.82, 2.24) is 10.6 Å². The standard InChI is InChI=1S/C30H31N3O7S/c31-27(35)16-24(33-30(38)40-17-21-10-4-1-5-11-21)28(36)32-25(20-41-19-22-12-6-2-7-13-22)29(37)39-18-26(34)23-14-8-3-9-15-23/h1-15,24-25H,16-20H2,(H2,31,35)(H,32,36)(H,33,38). The van der Waals surface area contributed by atoms with E-state index in [1.807, 2.05) is 36.4 Å². The lowest BCUT2D eigenvalue weighted by Crippen LogP contribution is -2.54. The highest BCUT2D eigenvalue weighted by molar-refractivity contribution is 7.98. The second-order valence-corrected chi connectivity index (χ2v) is 9.92. The molecule has 11 heteroatoms. The predicted molar refractivity (Wildman–Crippen MR) is 154 cm³/mol. The third-order valence-electron chi connectivity index (χ3n) is 5.66. The zero-order chi connectivity index (χ0) is 29.5. The largest absolute Gasteiger partial charge is 0.456 e. The molecule has 0 heterocycles. The third kappa shape index (κ3) is 11.2. The summed E-state index contributed by atoms with van der Waals surface area (Å²) in [5.74, 6) is -2.29. The number of amides is 3. The topological polar surface area (TPSA) is 154 Å². The van der Waals surface area contributed by atoms with Gasteiger partial charge < -0.3 is 25.8 Å². The van der Waals surface area contributed by atoms with Crippen molar-refractivity contribution in [2.75, 3.05) is 12.4 Å². The normalized spacial score (nSPS) is 11.9. The molecule has 4 N–H and O–H groups in total. The number of rotatable bonds is 15. The van der Waals surface area contributed by atoms with Crippen LogP contribution >= 0.6 is 11.8 Å². The van der Waals surface area contributed by atoms with Crippen LogP contribution in [0.25, 0.3) is 0 Å². The highest BCUT2D eigenvalue weighted by Gasteiger charge is 2.29. The van der Waals surface area contributed by atoms with E-state index in [0.29, 0.717) is 11.3 Å². The summed E-state index contributed by atoms with van der Waals surface area (Å²) in [6.07, 6.45) is -1.47. The summed E-state index contributed by atoms with van der Waals surface area (Å²) in [4.78, 5) is 62.6. The third-order valence-corrected chi connectivity index (χ3v) is 6.77. The Hall–Kier alpha value is -4.64. The maximum Gasteiger partial charge on any atom is 0.408 e. The smallest absolute Gasteiger partial charge is 0.408 e. The molecule has 41 heavy (non-hydrogen) atoms. The van der Waals surface area contributed by atoms with E-state index < -0.39 is 54.8 Å². The van der Waals surface area contributed by atoms with E-state index in [1.165, 1.54) is 11.8 Å². The molecule has 0 aliphatic heterocycles. The van der Waals surface area contributed by atoms with Crippen LogP contribution in [0.3, 0.4) is 0 Å². The van der Waals surface area contributed by atoms with Crippen LogP contribution in [-0.2, 0) is 36.2 Å². The molecule has 0 saturated carbocycles. The Bertz CT molecular complexity index is 1310. The Balaban J connectivity index is 1.64. The molecule has 2 atom stereocenters. The van der Waals surface area contributed by atoms with Crippen molar-refractivity contribution in [3.8, 4) is 0 Å². The summed E-state index contributed by atoms with van der Waals surface area (Å²) < 4.78 is 10.4. The Kier molecular flexibility index (Phi) is 12.4. The molecule has 0 radical (unpaired) electrons. The number of benzene rings is 3. The average Bonchev–Trinajstić information content (AvgIpc) is 2.99. The first kappa shape index (κ1) is 30.9. The molecule has 0 aliphatic rings. The van der Waals surface area contributed by atoms with Gasteiger partial charge in [0, 0.05) is 17.1 Å². The van der Waals surface area contributed by atoms with Crippen molar-refractivity contribution < 1.29 is 33.4 Å². The quantitative estimate of drug-likeness (QED) is 0.184. The minimum atomic E-state index is -1.41. The summed E-state index contributed by atoms with van der Waals surface area (Å²) in [6, 6.07) is 24.1. The lowest BCUT2D eigenvalue weighted by molar-refractivity contribution is -0.146. The van der Waals surface area contributed by atoms with E-state index in [-0.39, 0.29) is 12.4 Å². The molecular weight excluding hydrogens is 546 g/mol. The van der Waals surface area contributed by atoms with E-state index in [9.17, 15) is 24.0 Å². The van der Waals surface area contributed by atoms with Crippen LogP contribution in [0.4, 0.5) is 4.79 Å². The van der Waals surface area contributed by atoms with Crippen molar-refractivity contribution in [2.24, 2.45) is 5.73 Å². The SMILES string of the molecule is NC(=O)CC(NC(=O)OCc1ccccc1)C(=O)NC(CSCc1ccccc1)C(=O)OCC(=O)c1ccccc1. The zero-order valence-electron chi connectivity index (χ0n) is 22.2. The number of ether oxygens (including phenoxy) is 2. The Morgan fingerprint density at radius 1 is 0.732 bits per heavy atom. The first-order valence-electron chi connectivity index (χ1n) is 12.7. The second-order valence-electron chi connectivity index (χ2n) is 8.89. The van der Waals surface area contributed by atoms with Crippen LogP contribution in [0.15, 0.2) is 91.0 Å².